The van der Waals surface area contributed by atoms with Crippen LogP contribution >= 0.6 is 11.6 Å². The highest BCUT2D eigenvalue weighted by molar-refractivity contribution is 6.30. The lowest BCUT2D eigenvalue weighted by molar-refractivity contribution is 0.0112. The van der Waals surface area contributed by atoms with Crippen LogP contribution in [0.25, 0.3) is 0 Å². The third kappa shape index (κ3) is 5.05. The lowest BCUT2D eigenvalue weighted by Crippen LogP contribution is -2.51. The molecule has 23 heavy (non-hydrogen) atoms. The van der Waals surface area contributed by atoms with E-state index in [2.05, 4.69) is 21.7 Å². The predicted octanol–water partition coefficient (Wildman–Crippen LogP) is 2.30. The van der Waals surface area contributed by atoms with Gasteiger partial charge >= 0.3 is 0 Å². The van der Waals surface area contributed by atoms with Crippen molar-refractivity contribution in [1.82, 2.24) is 14.8 Å². The zero-order chi connectivity index (χ0) is 16.1. The third-order valence-corrected chi connectivity index (χ3v) is 4.87. The van der Waals surface area contributed by atoms with Gasteiger partial charge in [0.05, 0.1) is 18.2 Å². The van der Waals surface area contributed by atoms with Crippen LogP contribution in [-0.2, 0) is 4.74 Å². The molecule has 0 saturated carbocycles. The molecular weight excluding hydrogens is 314 g/mol. The van der Waals surface area contributed by atoms with Crippen molar-refractivity contribution in [2.75, 3.05) is 45.9 Å². The second kappa shape index (κ2) is 8.29. The Labute approximate surface area is 143 Å². The highest BCUT2D eigenvalue weighted by Gasteiger charge is 2.26. The lowest BCUT2D eigenvalue weighted by atomic mass is 10.1. The van der Waals surface area contributed by atoms with Crippen molar-refractivity contribution in [3.05, 3.63) is 23.4 Å². The van der Waals surface area contributed by atoms with Gasteiger partial charge in [-0.1, -0.05) is 11.6 Å². The summed E-state index contributed by atoms with van der Waals surface area (Å²) in [5.74, 6) is 0.669. The van der Waals surface area contributed by atoms with Crippen LogP contribution in [0.1, 0.15) is 19.8 Å². The van der Waals surface area contributed by atoms with Gasteiger partial charge < -0.3 is 9.47 Å². The molecule has 0 aromatic carbocycles. The van der Waals surface area contributed by atoms with Crippen LogP contribution < -0.4 is 4.74 Å². The maximum atomic E-state index is 6.04. The fourth-order valence-electron chi connectivity index (χ4n) is 3.34. The van der Waals surface area contributed by atoms with Crippen LogP contribution in [0.15, 0.2) is 18.3 Å². The van der Waals surface area contributed by atoms with Crippen molar-refractivity contribution < 1.29 is 9.47 Å². The molecule has 2 fully saturated rings. The van der Waals surface area contributed by atoms with Crippen molar-refractivity contribution >= 4 is 11.6 Å². The molecule has 0 amide bonds. The van der Waals surface area contributed by atoms with Crippen molar-refractivity contribution in [3.63, 3.8) is 0 Å². The number of rotatable bonds is 5. The average molecular weight is 340 g/mol. The molecule has 5 nitrogen and oxygen atoms in total. The number of hydrogen-bond acceptors (Lipinski definition) is 5. The van der Waals surface area contributed by atoms with Crippen LogP contribution in [0, 0.1) is 0 Å². The van der Waals surface area contributed by atoms with Crippen molar-refractivity contribution in [2.45, 2.75) is 31.9 Å². The summed E-state index contributed by atoms with van der Waals surface area (Å²) in [6.45, 7) is 9.36. The van der Waals surface area contributed by atoms with Crippen LogP contribution in [0.5, 0.6) is 5.88 Å². The Kier molecular flexibility index (Phi) is 6.11. The summed E-state index contributed by atoms with van der Waals surface area (Å²) in [7, 11) is 0. The van der Waals surface area contributed by atoms with E-state index < -0.39 is 0 Å². The van der Waals surface area contributed by atoms with E-state index in [1.807, 2.05) is 12.1 Å². The average Bonchev–Trinajstić information content (AvgIpc) is 2.58. The Morgan fingerprint density at radius 1 is 1.35 bits per heavy atom. The van der Waals surface area contributed by atoms with Gasteiger partial charge in [-0.3, -0.25) is 9.80 Å². The second-order valence-corrected chi connectivity index (χ2v) is 6.89. The van der Waals surface area contributed by atoms with Crippen LogP contribution in [0.3, 0.4) is 0 Å². The topological polar surface area (TPSA) is 37.8 Å². The summed E-state index contributed by atoms with van der Waals surface area (Å²) in [5, 5.41) is 0.641. The number of nitrogens with zero attached hydrogens (tertiary/aromatic N) is 3. The van der Waals surface area contributed by atoms with Gasteiger partial charge in [0, 0.05) is 44.5 Å². The fraction of sp³-hybridized carbons (Fsp3) is 0.706. The first kappa shape index (κ1) is 17.0. The molecule has 2 saturated heterocycles. The number of ether oxygens (including phenoxy) is 2. The molecule has 1 aromatic heterocycles. The van der Waals surface area contributed by atoms with Crippen molar-refractivity contribution in [1.29, 1.82) is 0 Å². The number of hydrogen-bond donors (Lipinski definition) is 0. The molecule has 2 aliphatic heterocycles. The Morgan fingerprint density at radius 2 is 2.17 bits per heavy atom. The monoisotopic (exact) mass is 339 g/mol. The van der Waals surface area contributed by atoms with Gasteiger partial charge in [0.1, 0.15) is 6.10 Å². The first-order valence-electron chi connectivity index (χ1n) is 8.53. The smallest absolute Gasteiger partial charge is 0.213 e. The SMILES string of the molecule is C[C@H](CN1CCOCC1)N1CCC[C@@H](Oc2ccc(Cl)cn2)C1. The molecule has 3 rings (SSSR count). The summed E-state index contributed by atoms with van der Waals surface area (Å²) < 4.78 is 11.5. The highest BCUT2D eigenvalue weighted by Crippen LogP contribution is 2.20. The maximum Gasteiger partial charge on any atom is 0.213 e. The molecule has 0 aliphatic carbocycles. The third-order valence-electron chi connectivity index (χ3n) is 4.65. The summed E-state index contributed by atoms with van der Waals surface area (Å²) in [6, 6.07) is 4.21. The largest absolute Gasteiger partial charge is 0.473 e. The van der Waals surface area contributed by atoms with Gasteiger partial charge in [0.15, 0.2) is 0 Å². The van der Waals surface area contributed by atoms with Crippen LogP contribution in [-0.4, -0.2) is 72.9 Å². The minimum absolute atomic E-state index is 0.213. The number of piperidine rings is 1. The summed E-state index contributed by atoms with van der Waals surface area (Å²) in [6.07, 6.45) is 4.11. The lowest BCUT2D eigenvalue weighted by Gasteiger charge is -2.39. The Hall–Kier alpha value is -0.880. The Balaban J connectivity index is 1.49. The van der Waals surface area contributed by atoms with E-state index in [4.69, 9.17) is 21.1 Å². The molecular formula is C17H26ClN3O2. The molecule has 128 valence electrons. The second-order valence-electron chi connectivity index (χ2n) is 6.45. The summed E-state index contributed by atoms with van der Waals surface area (Å²) in [4.78, 5) is 9.28. The van der Waals surface area contributed by atoms with E-state index >= 15 is 0 Å². The number of pyridine rings is 1. The molecule has 1 aromatic rings. The van der Waals surface area contributed by atoms with Gasteiger partial charge in [-0.15, -0.1) is 0 Å². The number of morpholine rings is 1. The molecule has 0 unspecified atom stereocenters. The summed E-state index contributed by atoms with van der Waals surface area (Å²) in [5.41, 5.74) is 0. The predicted molar refractivity (Wildman–Crippen MR) is 91.2 cm³/mol. The number of likely N-dealkylation sites (tertiary alicyclic amines) is 1. The zero-order valence-electron chi connectivity index (χ0n) is 13.8. The van der Waals surface area contributed by atoms with E-state index in [0.717, 1.165) is 52.4 Å². The van der Waals surface area contributed by atoms with E-state index in [9.17, 15) is 0 Å². The fourth-order valence-corrected chi connectivity index (χ4v) is 3.45. The van der Waals surface area contributed by atoms with Gasteiger partial charge in [0.25, 0.3) is 0 Å². The molecule has 0 N–H and O–H groups in total. The van der Waals surface area contributed by atoms with Gasteiger partial charge in [-0.2, -0.15) is 0 Å². The molecule has 0 spiro atoms. The van der Waals surface area contributed by atoms with Gasteiger partial charge in [-0.25, -0.2) is 4.98 Å². The number of halogens is 1. The van der Waals surface area contributed by atoms with Crippen molar-refractivity contribution in [2.24, 2.45) is 0 Å². The van der Waals surface area contributed by atoms with E-state index in [0.29, 0.717) is 16.9 Å². The van der Waals surface area contributed by atoms with Gasteiger partial charge in [0.2, 0.25) is 5.88 Å². The zero-order valence-corrected chi connectivity index (χ0v) is 14.5. The quantitative estimate of drug-likeness (QED) is 0.823. The Morgan fingerprint density at radius 3 is 2.91 bits per heavy atom. The highest BCUT2D eigenvalue weighted by atomic mass is 35.5. The minimum Gasteiger partial charge on any atom is -0.473 e. The van der Waals surface area contributed by atoms with Gasteiger partial charge in [-0.05, 0) is 32.4 Å². The molecule has 0 bridgehead atoms. The van der Waals surface area contributed by atoms with E-state index in [1.54, 1.807) is 6.20 Å². The normalized spacial score (nSPS) is 25.2. The van der Waals surface area contributed by atoms with E-state index in [-0.39, 0.29) is 6.10 Å². The van der Waals surface area contributed by atoms with Crippen LogP contribution in [0.4, 0.5) is 0 Å². The molecule has 2 aliphatic rings. The molecule has 2 atom stereocenters. The van der Waals surface area contributed by atoms with Crippen molar-refractivity contribution in [3.8, 4) is 5.88 Å². The first-order chi connectivity index (χ1) is 11.2. The maximum absolute atomic E-state index is 6.04. The molecule has 3 heterocycles. The minimum atomic E-state index is 0.213. The first-order valence-corrected chi connectivity index (χ1v) is 8.91. The molecule has 0 radical (unpaired) electrons. The number of aromatic nitrogens is 1. The standard InChI is InChI=1S/C17H26ClN3O2/c1-14(12-20-7-9-22-10-8-20)21-6-2-3-16(13-21)23-17-5-4-15(18)11-19-17/h4-5,11,14,16H,2-3,6-10,12-13H2,1H3/t14-,16-/m1/s1. The van der Waals surface area contributed by atoms with Crippen LogP contribution in [0.2, 0.25) is 5.02 Å². The molecule has 6 heteroatoms. The van der Waals surface area contributed by atoms with E-state index in [1.165, 1.54) is 6.42 Å². The Bertz CT molecular complexity index is 479. The summed E-state index contributed by atoms with van der Waals surface area (Å²) >= 11 is 5.87.